The van der Waals surface area contributed by atoms with E-state index in [1.165, 1.54) is 19.3 Å². The molecule has 1 spiro atoms. The third-order valence-electron chi connectivity index (χ3n) is 7.54. The van der Waals surface area contributed by atoms with E-state index in [0.29, 0.717) is 17.5 Å². The maximum Gasteiger partial charge on any atom is 0.262 e. The van der Waals surface area contributed by atoms with Crippen molar-refractivity contribution in [1.29, 1.82) is 0 Å². The van der Waals surface area contributed by atoms with Crippen molar-refractivity contribution >= 4 is 34.9 Å². The Labute approximate surface area is 193 Å². The highest BCUT2D eigenvalue weighted by atomic mass is 16.2. The second-order valence-electron chi connectivity index (χ2n) is 9.68. The van der Waals surface area contributed by atoms with Gasteiger partial charge in [0.05, 0.1) is 23.6 Å². The van der Waals surface area contributed by atoms with Crippen LogP contribution in [0.15, 0.2) is 24.5 Å². The van der Waals surface area contributed by atoms with E-state index in [0.717, 1.165) is 57.1 Å². The Morgan fingerprint density at radius 1 is 1.06 bits per heavy atom. The minimum absolute atomic E-state index is 0.0320. The summed E-state index contributed by atoms with van der Waals surface area (Å²) in [5.41, 5.74) is 1.76. The molecular formula is C23H31N9O. The summed E-state index contributed by atoms with van der Waals surface area (Å²) in [7, 11) is 2.16. The zero-order valence-corrected chi connectivity index (χ0v) is 19.0. The molecule has 10 heteroatoms. The number of nitrogens with one attached hydrogen (secondary N) is 3. The van der Waals surface area contributed by atoms with Crippen LogP contribution in [0.1, 0.15) is 32.1 Å². The van der Waals surface area contributed by atoms with Crippen molar-refractivity contribution in [3.63, 3.8) is 0 Å². The largest absolute Gasteiger partial charge is 0.368 e. The smallest absolute Gasteiger partial charge is 0.262 e. The van der Waals surface area contributed by atoms with Gasteiger partial charge in [0.15, 0.2) is 12.0 Å². The Bertz CT molecular complexity index is 1030. The Balaban J connectivity index is 1.24. The Morgan fingerprint density at radius 2 is 1.88 bits per heavy atom. The van der Waals surface area contributed by atoms with Crippen molar-refractivity contribution in [2.24, 2.45) is 0 Å². The Kier molecular flexibility index (Phi) is 5.06. The number of piperazine rings is 1. The number of carbonyl (C=O) groups excluding carboxylic acids is 1. The first-order chi connectivity index (χ1) is 16.1. The molecule has 1 amide bonds. The number of nitrogens with zero attached hydrogens (tertiary/aromatic N) is 6. The van der Waals surface area contributed by atoms with Crippen LogP contribution in [-0.2, 0) is 4.79 Å². The van der Waals surface area contributed by atoms with E-state index in [-0.39, 0.29) is 17.6 Å². The number of carbonyl (C=O) groups is 1. The zero-order chi connectivity index (χ0) is 22.4. The van der Waals surface area contributed by atoms with Gasteiger partial charge in [0.2, 0.25) is 5.95 Å². The van der Waals surface area contributed by atoms with Gasteiger partial charge in [-0.2, -0.15) is 4.98 Å². The highest BCUT2D eigenvalue weighted by Gasteiger charge is 2.52. The second kappa shape index (κ2) is 8.11. The number of hydrogen-bond acceptors (Lipinski definition) is 9. The maximum absolute atomic E-state index is 12.7. The number of likely N-dealkylation sites (N-methyl/N-ethyl adjacent to an activating group) is 1. The molecule has 5 heterocycles. The van der Waals surface area contributed by atoms with E-state index in [1.807, 2.05) is 12.3 Å². The molecule has 2 saturated heterocycles. The molecule has 2 aromatic rings. The molecule has 3 fully saturated rings. The molecule has 0 radical (unpaired) electrons. The summed E-state index contributed by atoms with van der Waals surface area (Å²) in [6, 6.07) is 4.07. The van der Waals surface area contributed by atoms with Gasteiger partial charge in [-0.25, -0.2) is 9.97 Å². The van der Waals surface area contributed by atoms with Crippen LogP contribution in [0.2, 0.25) is 0 Å². The highest BCUT2D eigenvalue weighted by Crippen LogP contribution is 2.44. The SMILES string of the molecule is CN1CCN(c2ccc(Nc3ncc4c(n3)N3C(NCC35CCCCC5)C(=O)N4)nc2)CC1. The lowest BCUT2D eigenvalue weighted by atomic mass is 9.81. The van der Waals surface area contributed by atoms with Crippen LogP contribution in [0.25, 0.3) is 0 Å². The lowest BCUT2D eigenvalue weighted by molar-refractivity contribution is -0.118. The van der Waals surface area contributed by atoms with Crippen LogP contribution in [-0.4, -0.2) is 77.2 Å². The maximum atomic E-state index is 12.7. The molecule has 1 aliphatic carbocycles. The van der Waals surface area contributed by atoms with Crippen molar-refractivity contribution in [3.8, 4) is 0 Å². The summed E-state index contributed by atoms with van der Waals surface area (Å²) in [4.78, 5) is 33.5. The van der Waals surface area contributed by atoms with Crippen molar-refractivity contribution < 1.29 is 4.79 Å². The van der Waals surface area contributed by atoms with Crippen LogP contribution in [0.4, 0.5) is 29.0 Å². The number of rotatable bonds is 3. The van der Waals surface area contributed by atoms with Crippen LogP contribution in [0, 0.1) is 0 Å². The predicted octanol–water partition coefficient (Wildman–Crippen LogP) is 1.76. The van der Waals surface area contributed by atoms with Gasteiger partial charge >= 0.3 is 0 Å². The van der Waals surface area contributed by atoms with E-state index in [9.17, 15) is 4.79 Å². The van der Waals surface area contributed by atoms with Gasteiger partial charge in [-0.1, -0.05) is 19.3 Å². The standard InChI is InChI=1S/C23H31N9O/c1-30-9-11-31(12-10-30)16-5-6-18(24-13-16)28-22-25-14-17-19(29-22)32-20(21(33)27-17)26-15-23(32)7-3-2-4-8-23/h5-6,13-14,20,26H,2-4,7-12,15H2,1H3,(H,27,33)(H,24,25,28,29). The number of aromatic nitrogens is 3. The van der Waals surface area contributed by atoms with Crippen molar-refractivity contribution in [1.82, 2.24) is 25.2 Å². The monoisotopic (exact) mass is 449 g/mol. The lowest BCUT2D eigenvalue weighted by Crippen LogP contribution is -2.57. The molecule has 0 aromatic carbocycles. The first-order valence-corrected chi connectivity index (χ1v) is 12.0. The van der Waals surface area contributed by atoms with Gasteiger partial charge < -0.3 is 25.3 Å². The van der Waals surface area contributed by atoms with Gasteiger partial charge in [-0.3, -0.25) is 10.1 Å². The summed E-state index contributed by atoms with van der Waals surface area (Å²) in [5, 5.41) is 9.66. The Hall–Kier alpha value is -2.98. The summed E-state index contributed by atoms with van der Waals surface area (Å²) < 4.78 is 0. The second-order valence-corrected chi connectivity index (χ2v) is 9.68. The fourth-order valence-electron chi connectivity index (χ4n) is 5.65. The topological polar surface area (TPSA) is 102 Å². The van der Waals surface area contributed by atoms with Crippen LogP contribution >= 0.6 is 0 Å². The van der Waals surface area contributed by atoms with Crippen molar-refractivity contribution in [3.05, 3.63) is 24.5 Å². The highest BCUT2D eigenvalue weighted by molar-refractivity contribution is 6.03. The summed E-state index contributed by atoms with van der Waals surface area (Å²) in [6.07, 6.45) is 9.00. The molecular weight excluding hydrogens is 418 g/mol. The molecule has 6 rings (SSSR count). The predicted molar refractivity (Wildman–Crippen MR) is 128 cm³/mol. The average Bonchev–Trinajstić information content (AvgIpc) is 3.20. The molecule has 10 nitrogen and oxygen atoms in total. The number of amides is 1. The summed E-state index contributed by atoms with van der Waals surface area (Å²) in [6.45, 7) is 4.96. The third-order valence-corrected chi connectivity index (χ3v) is 7.54. The van der Waals surface area contributed by atoms with Gasteiger partial charge in [0.25, 0.3) is 5.91 Å². The van der Waals surface area contributed by atoms with E-state index in [2.05, 4.69) is 53.7 Å². The molecule has 2 aromatic heterocycles. The Morgan fingerprint density at radius 3 is 2.64 bits per heavy atom. The molecule has 3 aliphatic heterocycles. The summed E-state index contributed by atoms with van der Waals surface area (Å²) in [5.74, 6) is 1.95. The van der Waals surface area contributed by atoms with Gasteiger partial charge in [0.1, 0.15) is 11.5 Å². The van der Waals surface area contributed by atoms with E-state index in [1.54, 1.807) is 6.20 Å². The third kappa shape index (κ3) is 3.67. The first kappa shape index (κ1) is 20.6. The van der Waals surface area contributed by atoms with Gasteiger partial charge in [-0.15, -0.1) is 0 Å². The van der Waals surface area contributed by atoms with Gasteiger partial charge in [0, 0.05) is 32.7 Å². The average molecular weight is 450 g/mol. The van der Waals surface area contributed by atoms with E-state index in [4.69, 9.17) is 4.98 Å². The quantitative estimate of drug-likeness (QED) is 0.647. The molecule has 33 heavy (non-hydrogen) atoms. The molecule has 0 bridgehead atoms. The molecule has 1 atom stereocenters. The molecule has 3 N–H and O–H groups in total. The molecule has 1 unspecified atom stereocenters. The molecule has 1 saturated carbocycles. The van der Waals surface area contributed by atoms with Crippen molar-refractivity contribution in [2.75, 3.05) is 60.2 Å². The minimum atomic E-state index is -0.376. The van der Waals surface area contributed by atoms with Crippen LogP contribution < -0.4 is 25.8 Å². The molecule has 174 valence electrons. The number of pyridine rings is 1. The number of fused-ring (bicyclic) bond motifs is 4. The summed E-state index contributed by atoms with van der Waals surface area (Å²) >= 11 is 0. The fourth-order valence-corrected chi connectivity index (χ4v) is 5.65. The molecule has 4 aliphatic rings. The van der Waals surface area contributed by atoms with Crippen LogP contribution in [0.3, 0.4) is 0 Å². The fraction of sp³-hybridized carbons (Fsp3) is 0.565. The zero-order valence-electron chi connectivity index (χ0n) is 19.0. The first-order valence-electron chi connectivity index (χ1n) is 12.0. The van der Waals surface area contributed by atoms with Crippen molar-refractivity contribution in [2.45, 2.75) is 43.8 Å². The van der Waals surface area contributed by atoms with E-state index < -0.39 is 0 Å². The van der Waals surface area contributed by atoms with E-state index >= 15 is 0 Å². The number of hydrogen-bond donors (Lipinski definition) is 3. The van der Waals surface area contributed by atoms with Crippen LogP contribution in [0.5, 0.6) is 0 Å². The van der Waals surface area contributed by atoms with Gasteiger partial charge in [-0.05, 0) is 32.0 Å². The number of anilines is 5. The minimum Gasteiger partial charge on any atom is -0.368 e. The normalized spacial score (nSPS) is 24.4. The lowest BCUT2D eigenvalue weighted by Gasteiger charge is -2.45.